The standard InChI is InChI=1S/C21H25.C13H10.C10H9S.Zr/c1-20(2,3)16-9-7-14-11-15-8-10-17(21(4,5)6)13-19(15)18(14)12-16;1-3-7-12(8-4-1)11-13-9-5-2-6-10-13;1-8-2-3-9(6-8)10-4-5-11-7-10;/h7-13H,1-6H3;1-10H;2-5,7-8H,1H3;/q-1;;-1;+2. The van der Waals surface area contributed by atoms with Gasteiger partial charge in [-0.1, -0.05) is 101 Å². The number of rotatable bonds is 3. The van der Waals surface area contributed by atoms with Gasteiger partial charge in [-0.3, -0.25) is 0 Å². The Hall–Kier alpha value is -3.32. The van der Waals surface area contributed by atoms with E-state index in [-0.39, 0.29) is 10.8 Å². The summed E-state index contributed by atoms with van der Waals surface area (Å²) in [6, 6.07) is 39.4. The fraction of sp³-hybridized carbons (Fsp3) is 0.227. The topological polar surface area (TPSA) is 0 Å². The molecule has 0 saturated carbocycles. The second kappa shape index (κ2) is 14.6. The van der Waals surface area contributed by atoms with Gasteiger partial charge in [0.05, 0.1) is 0 Å². The monoisotopic (exact) mass is 694 g/mol. The predicted octanol–water partition coefficient (Wildman–Crippen LogP) is 12.2. The van der Waals surface area contributed by atoms with Gasteiger partial charge in [-0.2, -0.15) is 29.1 Å². The van der Waals surface area contributed by atoms with Crippen molar-refractivity contribution in [2.75, 3.05) is 0 Å². The first-order valence-corrected chi connectivity index (χ1v) is 18.3. The van der Waals surface area contributed by atoms with Gasteiger partial charge >= 0.3 is 99.2 Å². The Kier molecular flexibility index (Phi) is 10.8. The third kappa shape index (κ3) is 8.53. The molecule has 1 heterocycles. The van der Waals surface area contributed by atoms with Gasteiger partial charge in [-0.25, -0.2) is 0 Å². The maximum absolute atomic E-state index is 3.37. The molecule has 0 saturated heterocycles. The summed E-state index contributed by atoms with van der Waals surface area (Å²) in [6.07, 6.45) is 7.69. The van der Waals surface area contributed by atoms with Gasteiger partial charge in [-0.05, 0) is 16.2 Å². The van der Waals surface area contributed by atoms with Gasteiger partial charge in [0.15, 0.2) is 0 Å². The van der Waals surface area contributed by atoms with Crippen LogP contribution in [0.25, 0.3) is 27.1 Å². The second-order valence-electron chi connectivity index (χ2n) is 14.1. The van der Waals surface area contributed by atoms with E-state index >= 15 is 0 Å². The van der Waals surface area contributed by atoms with Crippen LogP contribution >= 0.6 is 11.3 Å². The van der Waals surface area contributed by atoms with Crippen LogP contribution in [0, 0.1) is 12.0 Å². The zero-order chi connectivity index (χ0) is 32.9. The second-order valence-corrected chi connectivity index (χ2v) is 16.1. The molecule has 6 aromatic rings. The van der Waals surface area contributed by atoms with E-state index in [0.29, 0.717) is 5.92 Å². The Morgan fingerprint density at radius 3 is 1.59 bits per heavy atom. The molecule has 46 heavy (non-hydrogen) atoms. The Balaban J connectivity index is 0.000000144. The van der Waals surface area contributed by atoms with Crippen molar-refractivity contribution < 1.29 is 24.2 Å². The van der Waals surface area contributed by atoms with Crippen molar-refractivity contribution in [3.05, 3.63) is 166 Å². The summed E-state index contributed by atoms with van der Waals surface area (Å²) < 4.78 is 1.42. The zero-order valence-corrected chi connectivity index (χ0v) is 31.5. The van der Waals surface area contributed by atoms with Gasteiger partial charge in [0, 0.05) is 0 Å². The van der Waals surface area contributed by atoms with Crippen LogP contribution in [-0.4, -0.2) is 3.21 Å². The van der Waals surface area contributed by atoms with Crippen LogP contribution in [0.3, 0.4) is 0 Å². The molecule has 1 unspecified atom stereocenters. The van der Waals surface area contributed by atoms with Crippen LogP contribution < -0.4 is 0 Å². The Morgan fingerprint density at radius 2 is 1.20 bits per heavy atom. The summed E-state index contributed by atoms with van der Waals surface area (Å²) in [5.41, 5.74) is 8.41. The molecule has 0 nitrogen and oxygen atoms in total. The quantitative estimate of drug-likeness (QED) is 0.162. The third-order valence-electron chi connectivity index (χ3n) is 8.33. The summed E-state index contributed by atoms with van der Waals surface area (Å²) in [5, 5.41) is 9.74. The predicted molar refractivity (Wildman–Crippen MR) is 200 cm³/mol. The fourth-order valence-corrected chi connectivity index (χ4v) is 6.96. The molecule has 0 aliphatic heterocycles. The average molecular weight is 696 g/mol. The van der Waals surface area contributed by atoms with Crippen molar-refractivity contribution in [3.63, 3.8) is 0 Å². The van der Waals surface area contributed by atoms with Crippen molar-refractivity contribution >= 4 is 41.7 Å². The molecular weight excluding hydrogens is 652 g/mol. The van der Waals surface area contributed by atoms with Crippen LogP contribution in [0.4, 0.5) is 0 Å². The van der Waals surface area contributed by atoms with Gasteiger partial charge in [0.2, 0.25) is 0 Å². The number of hydrogen-bond acceptors (Lipinski definition) is 1. The molecule has 2 heteroatoms. The number of allylic oxidation sites excluding steroid dienone is 4. The van der Waals surface area contributed by atoms with Crippen molar-refractivity contribution in [2.45, 2.75) is 59.3 Å². The average Bonchev–Trinajstić information content (AvgIpc) is 3.81. The molecule has 0 bridgehead atoms. The maximum atomic E-state index is 3.37. The van der Waals surface area contributed by atoms with Gasteiger partial charge in [0.25, 0.3) is 0 Å². The molecule has 1 aromatic heterocycles. The molecule has 230 valence electrons. The first-order chi connectivity index (χ1) is 21.9. The van der Waals surface area contributed by atoms with E-state index in [1.807, 2.05) is 0 Å². The number of benzene rings is 4. The zero-order valence-electron chi connectivity index (χ0n) is 28.2. The molecule has 1 atom stereocenters. The molecule has 1 aliphatic rings. The van der Waals surface area contributed by atoms with Gasteiger partial charge < -0.3 is 0 Å². The number of fused-ring (bicyclic) bond motifs is 3. The first kappa shape index (κ1) is 34.0. The van der Waals surface area contributed by atoms with Crippen molar-refractivity contribution in [1.82, 2.24) is 0 Å². The Morgan fingerprint density at radius 1 is 0.696 bits per heavy atom. The summed E-state index contributed by atoms with van der Waals surface area (Å²) >= 11 is 3.19. The molecule has 0 N–H and O–H groups in total. The SMILES string of the molecule is CC(C)(C)c1ccc2[cH-]c3ccc(C(C)(C)C)cc3c2c1.CC1[C-]=C(c2ccsc2)C=C1.[Zr+2]=[C](c1ccccc1)c1ccccc1. The minimum absolute atomic E-state index is 0.194. The molecule has 1 aliphatic carbocycles. The summed E-state index contributed by atoms with van der Waals surface area (Å²) in [7, 11) is 0. The van der Waals surface area contributed by atoms with E-state index in [9.17, 15) is 0 Å². The van der Waals surface area contributed by atoms with E-state index < -0.39 is 0 Å². The van der Waals surface area contributed by atoms with Crippen molar-refractivity contribution in [2.24, 2.45) is 5.92 Å². The van der Waals surface area contributed by atoms with Crippen LogP contribution in [0.15, 0.2) is 132 Å². The first-order valence-electron chi connectivity index (χ1n) is 16.1. The van der Waals surface area contributed by atoms with E-state index in [4.69, 9.17) is 0 Å². The van der Waals surface area contributed by atoms with Crippen LogP contribution in [0.5, 0.6) is 0 Å². The van der Waals surface area contributed by atoms with Crippen molar-refractivity contribution in [3.8, 4) is 0 Å². The summed E-state index contributed by atoms with van der Waals surface area (Å²) in [4.78, 5) is 0. The van der Waals surface area contributed by atoms with Crippen molar-refractivity contribution in [1.29, 1.82) is 0 Å². The van der Waals surface area contributed by atoms with Gasteiger partial charge in [-0.15, -0.1) is 51.4 Å². The molecule has 0 amide bonds. The molecule has 7 rings (SSSR count). The van der Waals surface area contributed by atoms with E-state index in [1.54, 1.807) is 11.3 Å². The normalized spacial score (nSPS) is 14.4. The number of thiophene rings is 1. The summed E-state index contributed by atoms with van der Waals surface area (Å²) in [5.74, 6) is 0.491. The number of hydrogen-bond donors (Lipinski definition) is 0. The molecule has 0 fully saturated rings. The third-order valence-corrected chi connectivity index (χ3v) is 10.4. The molecule has 0 spiro atoms. The Labute approximate surface area is 295 Å². The van der Waals surface area contributed by atoms with E-state index in [0.717, 1.165) is 0 Å². The molecular formula is C44H44SZr. The van der Waals surface area contributed by atoms with Crippen LogP contribution in [0.2, 0.25) is 0 Å². The Bertz CT molecular complexity index is 1850. The molecule has 0 radical (unpaired) electrons. The molecule has 5 aromatic carbocycles. The fourth-order valence-electron chi connectivity index (χ4n) is 5.49. The van der Waals surface area contributed by atoms with Crippen LogP contribution in [-0.2, 0) is 35.1 Å². The van der Waals surface area contributed by atoms with Gasteiger partial charge in [0.1, 0.15) is 0 Å². The summed E-state index contributed by atoms with van der Waals surface area (Å²) in [6.45, 7) is 15.8. The van der Waals surface area contributed by atoms with Crippen LogP contribution in [0.1, 0.15) is 76.3 Å². The van der Waals surface area contributed by atoms with E-state index in [2.05, 4.69) is 187 Å². The minimum atomic E-state index is 0.194. The van der Waals surface area contributed by atoms with E-state index in [1.165, 1.54) is 82.4 Å².